The third kappa shape index (κ3) is 2.47. The standard InChI is InChI=1S/C15H20N2OS/c1-11(2)16-8-7-12(9-16)10-17-15(18)13-5-3-4-6-14(13)19-17/h3-6,11-12H,7-10H2,1-2H3/t12-/m0/s1. The summed E-state index contributed by atoms with van der Waals surface area (Å²) in [4.78, 5) is 14.8. The number of benzene rings is 1. The van der Waals surface area contributed by atoms with Crippen LogP contribution < -0.4 is 5.56 Å². The van der Waals surface area contributed by atoms with E-state index in [4.69, 9.17) is 0 Å². The predicted octanol–water partition coefficient (Wildman–Crippen LogP) is 2.79. The molecule has 1 aliphatic heterocycles. The van der Waals surface area contributed by atoms with Crippen molar-refractivity contribution in [2.45, 2.75) is 32.9 Å². The van der Waals surface area contributed by atoms with Crippen molar-refractivity contribution in [1.29, 1.82) is 0 Å². The van der Waals surface area contributed by atoms with Crippen LogP contribution in [0.1, 0.15) is 20.3 Å². The van der Waals surface area contributed by atoms with Crippen LogP contribution in [0.15, 0.2) is 29.1 Å². The molecule has 1 atom stereocenters. The second-order valence-corrected chi connectivity index (χ2v) is 6.76. The van der Waals surface area contributed by atoms with Gasteiger partial charge in [0.15, 0.2) is 0 Å². The van der Waals surface area contributed by atoms with Crippen LogP contribution in [0.3, 0.4) is 0 Å². The lowest BCUT2D eigenvalue weighted by Crippen LogP contribution is -2.29. The zero-order valence-corrected chi connectivity index (χ0v) is 12.3. The monoisotopic (exact) mass is 276 g/mol. The maximum absolute atomic E-state index is 12.3. The molecule has 0 amide bonds. The summed E-state index contributed by atoms with van der Waals surface area (Å²) < 4.78 is 3.05. The van der Waals surface area contributed by atoms with E-state index < -0.39 is 0 Å². The van der Waals surface area contributed by atoms with Crippen molar-refractivity contribution >= 4 is 21.6 Å². The average molecular weight is 276 g/mol. The Morgan fingerprint density at radius 2 is 2.16 bits per heavy atom. The van der Waals surface area contributed by atoms with Gasteiger partial charge in [0, 0.05) is 19.1 Å². The lowest BCUT2D eigenvalue weighted by molar-refractivity contribution is 0.261. The Labute approximate surface area is 117 Å². The highest BCUT2D eigenvalue weighted by Crippen LogP contribution is 2.22. The SMILES string of the molecule is CC(C)N1CC[C@H](Cn2sc3ccccc3c2=O)C1. The molecule has 1 aliphatic rings. The second kappa shape index (κ2) is 5.10. The summed E-state index contributed by atoms with van der Waals surface area (Å²) in [5.41, 5.74) is 0.184. The minimum Gasteiger partial charge on any atom is -0.301 e. The smallest absolute Gasteiger partial charge is 0.268 e. The van der Waals surface area contributed by atoms with Crippen molar-refractivity contribution in [2.75, 3.05) is 13.1 Å². The Bertz CT molecular complexity index is 628. The van der Waals surface area contributed by atoms with Crippen LogP contribution in [-0.4, -0.2) is 28.0 Å². The highest BCUT2D eigenvalue weighted by Gasteiger charge is 2.25. The van der Waals surface area contributed by atoms with Crippen molar-refractivity contribution in [2.24, 2.45) is 5.92 Å². The molecule has 0 radical (unpaired) electrons. The second-order valence-electron chi connectivity index (χ2n) is 5.70. The summed E-state index contributed by atoms with van der Waals surface area (Å²) in [5.74, 6) is 0.619. The van der Waals surface area contributed by atoms with Gasteiger partial charge in [-0.2, -0.15) is 0 Å². The minimum atomic E-state index is 0.184. The number of aromatic nitrogens is 1. The molecule has 0 bridgehead atoms. The molecule has 0 aliphatic carbocycles. The molecule has 102 valence electrons. The van der Waals surface area contributed by atoms with Crippen LogP contribution in [0.2, 0.25) is 0 Å². The number of rotatable bonds is 3. The van der Waals surface area contributed by atoms with E-state index in [1.807, 2.05) is 28.2 Å². The summed E-state index contributed by atoms with van der Waals surface area (Å²) in [6.07, 6.45) is 1.21. The van der Waals surface area contributed by atoms with Gasteiger partial charge in [-0.3, -0.25) is 8.75 Å². The minimum absolute atomic E-state index is 0.184. The Morgan fingerprint density at radius 3 is 2.84 bits per heavy atom. The maximum Gasteiger partial charge on any atom is 0.268 e. The van der Waals surface area contributed by atoms with Crippen LogP contribution in [0.25, 0.3) is 10.1 Å². The first-order chi connectivity index (χ1) is 9.15. The van der Waals surface area contributed by atoms with Gasteiger partial charge in [-0.15, -0.1) is 0 Å². The molecule has 19 heavy (non-hydrogen) atoms. The van der Waals surface area contributed by atoms with Gasteiger partial charge in [0.25, 0.3) is 5.56 Å². The molecule has 1 aromatic heterocycles. The first kappa shape index (κ1) is 12.9. The quantitative estimate of drug-likeness (QED) is 0.861. The van der Waals surface area contributed by atoms with Crippen molar-refractivity contribution in [1.82, 2.24) is 8.86 Å². The van der Waals surface area contributed by atoms with Crippen molar-refractivity contribution in [3.8, 4) is 0 Å². The Hall–Kier alpha value is -1.13. The van der Waals surface area contributed by atoms with Crippen molar-refractivity contribution in [3.05, 3.63) is 34.6 Å². The van der Waals surface area contributed by atoms with E-state index in [9.17, 15) is 4.79 Å². The lowest BCUT2D eigenvalue weighted by atomic mass is 10.1. The molecular weight excluding hydrogens is 256 g/mol. The van der Waals surface area contributed by atoms with Crippen LogP contribution in [-0.2, 0) is 6.54 Å². The Kier molecular flexibility index (Phi) is 3.46. The van der Waals surface area contributed by atoms with Gasteiger partial charge < -0.3 is 4.90 Å². The molecule has 4 heteroatoms. The van der Waals surface area contributed by atoms with Gasteiger partial charge in [0.05, 0.1) is 10.1 Å². The van der Waals surface area contributed by atoms with Gasteiger partial charge in [-0.1, -0.05) is 23.7 Å². The van der Waals surface area contributed by atoms with Crippen LogP contribution in [0.5, 0.6) is 0 Å². The van der Waals surface area contributed by atoms with Crippen LogP contribution in [0, 0.1) is 5.92 Å². The van der Waals surface area contributed by atoms with E-state index in [2.05, 4.69) is 18.7 Å². The number of hydrogen-bond acceptors (Lipinski definition) is 3. The van der Waals surface area contributed by atoms with Gasteiger partial charge in [0.2, 0.25) is 0 Å². The van der Waals surface area contributed by atoms with E-state index in [-0.39, 0.29) is 5.56 Å². The molecular formula is C15H20N2OS. The van der Waals surface area contributed by atoms with Gasteiger partial charge >= 0.3 is 0 Å². The van der Waals surface area contributed by atoms with E-state index in [0.717, 1.165) is 23.2 Å². The molecule has 0 spiro atoms. The zero-order valence-electron chi connectivity index (χ0n) is 11.5. The zero-order chi connectivity index (χ0) is 13.4. The van der Waals surface area contributed by atoms with Gasteiger partial charge in [-0.25, -0.2) is 0 Å². The van der Waals surface area contributed by atoms with Crippen LogP contribution in [0.4, 0.5) is 0 Å². The fourth-order valence-corrected chi connectivity index (χ4v) is 3.95. The summed E-state index contributed by atoms with van der Waals surface area (Å²) in [6, 6.07) is 8.52. The average Bonchev–Trinajstić information content (AvgIpc) is 2.97. The predicted molar refractivity (Wildman–Crippen MR) is 80.9 cm³/mol. The van der Waals surface area contributed by atoms with Gasteiger partial charge in [-0.05, 0) is 44.9 Å². The normalized spacial score (nSPS) is 20.7. The molecule has 1 fully saturated rings. The highest BCUT2D eigenvalue weighted by atomic mass is 32.1. The van der Waals surface area contributed by atoms with E-state index >= 15 is 0 Å². The Balaban J connectivity index is 1.79. The molecule has 2 heterocycles. The summed E-state index contributed by atoms with van der Waals surface area (Å²) in [6.45, 7) is 7.66. The molecule has 0 unspecified atom stereocenters. The highest BCUT2D eigenvalue weighted by molar-refractivity contribution is 7.13. The molecule has 3 rings (SSSR count). The molecule has 1 saturated heterocycles. The fourth-order valence-electron chi connectivity index (χ4n) is 2.85. The fraction of sp³-hybridized carbons (Fsp3) is 0.533. The maximum atomic E-state index is 12.3. The first-order valence-corrected chi connectivity index (χ1v) is 7.75. The van der Waals surface area contributed by atoms with Gasteiger partial charge in [0.1, 0.15) is 0 Å². The van der Waals surface area contributed by atoms with E-state index in [1.54, 1.807) is 11.5 Å². The molecule has 3 nitrogen and oxygen atoms in total. The largest absolute Gasteiger partial charge is 0.301 e. The van der Waals surface area contributed by atoms with Crippen molar-refractivity contribution < 1.29 is 0 Å². The van der Waals surface area contributed by atoms with Crippen molar-refractivity contribution in [3.63, 3.8) is 0 Å². The van der Waals surface area contributed by atoms with Crippen LogP contribution >= 0.6 is 11.5 Å². The summed E-state index contributed by atoms with van der Waals surface area (Å²) in [7, 11) is 0. The third-order valence-corrected chi connectivity index (χ3v) is 5.11. The lowest BCUT2D eigenvalue weighted by Gasteiger charge is -2.20. The van der Waals surface area contributed by atoms with E-state index in [1.165, 1.54) is 13.0 Å². The number of likely N-dealkylation sites (tertiary alicyclic amines) is 1. The first-order valence-electron chi connectivity index (χ1n) is 6.98. The third-order valence-electron chi connectivity index (χ3n) is 4.02. The molecule has 2 aromatic rings. The molecule has 0 N–H and O–H groups in total. The summed E-state index contributed by atoms with van der Waals surface area (Å²) in [5, 5.41) is 0.867. The number of fused-ring (bicyclic) bond motifs is 1. The van der Waals surface area contributed by atoms with E-state index in [0.29, 0.717) is 12.0 Å². The molecule has 1 aromatic carbocycles. The number of hydrogen-bond donors (Lipinski definition) is 0. The Morgan fingerprint density at radius 1 is 1.37 bits per heavy atom. The summed E-state index contributed by atoms with van der Waals surface area (Å²) >= 11 is 1.61. The number of nitrogens with zero attached hydrogens (tertiary/aromatic N) is 2. The topological polar surface area (TPSA) is 25.2 Å². The molecule has 0 saturated carbocycles.